The van der Waals surface area contributed by atoms with Crippen LogP contribution in [0.25, 0.3) is 0 Å². The zero-order chi connectivity index (χ0) is 17.0. The molecule has 1 saturated carbocycles. The van der Waals surface area contributed by atoms with Gasteiger partial charge in [-0.05, 0) is 38.0 Å². The van der Waals surface area contributed by atoms with Crippen molar-refractivity contribution in [1.82, 2.24) is 4.90 Å². The first-order valence-electron chi connectivity index (χ1n) is 8.65. The number of likely N-dealkylation sites (tertiary alicyclic amines) is 1. The molecular formula is C18H21NO5. The number of ketones is 1. The van der Waals surface area contributed by atoms with E-state index in [1.165, 1.54) is 0 Å². The van der Waals surface area contributed by atoms with E-state index in [0.717, 1.165) is 19.3 Å². The molecular weight excluding hydrogens is 310 g/mol. The van der Waals surface area contributed by atoms with E-state index in [-0.39, 0.29) is 24.2 Å². The Bertz CT molecular complexity index is 730. The number of nitrogens with zero attached hydrogens (tertiary/aromatic N) is 1. The minimum absolute atomic E-state index is 0.0326. The second-order valence-electron chi connectivity index (χ2n) is 7.26. The number of carboxylic acid groups (broad SMARTS) is 1. The van der Waals surface area contributed by atoms with E-state index in [1.807, 2.05) is 0 Å². The summed E-state index contributed by atoms with van der Waals surface area (Å²) in [5.41, 5.74) is 0.792. The Balaban J connectivity index is 1.64. The summed E-state index contributed by atoms with van der Waals surface area (Å²) in [7, 11) is 0. The van der Waals surface area contributed by atoms with Crippen molar-refractivity contribution in [3.63, 3.8) is 0 Å². The fourth-order valence-corrected chi connectivity index (χ4v) is 4.28. The molecule has 1 saturated heterocycles. The van der Waals surface area contributed by atoms with Gasteiger partial charge in [0.2, 0.25) is 0 Å². The third kappa shape index (κ3) is 2.36. The van der Waals surface area contributed by atoms with Gasteiger partial charge in [-0.2, -0.15) is 0 Å². The minimum Gasteiger partial charge on any atom is -0.481 e. The molecule has 3 aliphatic rings. The molecule has 128 valence electrons. The number of hydrogen-bond donors (Lipinski definition) is 1. The summed E-state index contributed by atoms with van der Waals surface area (Å²) in [6.45, 7) is 2.40. The number of carboxylic acids is 1. The van der Waals surface area contributed by atoms with Gasteiger partial charge in [-0.1, -0.05) is 0 Å². The SMILES string of the molecule is Cc1oc2c(c1C(=O)N1C[C@@H](C(=O)O)[C@H](C3CC3)C1)C(=O)CCC2. The van der Waals surface area contributed by atoms with Crippen molar-refractivity contribution in [2.75, 3.05) is 13.1 Å². The number of aryl methyl sites for hydroxylation is 2. The highest BCUT2D eigenvalue weighted by Crippen LogP contribution is 2.44. The van der Waals surface area contributed by atoms with E-state index >= 15 is 0 Å². The predicted molar refractivity (Wildman–Crippen MR) is 84.0 cm³/mol. The molecule has 1 aromatic heterocycles. The van der Waals surface area contributed by atoms with Gasteiger partial charge in [0.1, 0.15) is 11.5 Å². The van der Waals surface area contributed by atoms with E-state index in [0.29, 0.717) is 48.0 Å². The molecule has 0 aromatic carbocycles. The van der Waals surface area contributed by atoms with E-state index in [4.69, 9.17) is 4.42 Å². The van der Waals surface area contributed by atoms with Crippen LogP contribution in [0.1, 0.15) is 57.9 Å². The summed E-state index contributed by atoms with van der Waals surface area (Å²) in [6.07, 6.45) is 3.97. The van der Waals surface area contributed by atoms with Crippen molar-refractivity contribution in [1.29, 1.82) is 0 Å². The Labute approximate surface area is 139 Å². The third-order valence-corrected chi connectivity index (χ3v) is 5.65. The fraction of sp³-hybridized carbons (Fsp3) is 0.611. The molecule has 2 fully saturated rings. The Morgan fingerprint density at radius 3 is 2.62 bits per heavy atom. The van der Waals surface area contributed by atoms with Crippen LogP contribution in [0.3, 0.4) is 0 Å². The normalized spacial score (nSPS) is 26.5. The highest BCUT2D eigenvalue weighted by molar-refractivity contribution is 6.10. The molecule has 24 heavy (non-hydrogen) atoms. The molecule has 1 N–H and O–H groups in total. The number of carbonyl (C=O) groups excluding carboxylic acids is 2. The maximum atomic E-state index is 13.0. The summed E-state index contributed by atoms with van der Waals surface area (Å²) < 4.78 is 5.66. The van der Waals surface area contributed by atoms with Crippen LogP contribution in [0.4, 0.5) is 0 Å². The fourth-order valence-electron chi connectivity index (χ4n) is 4.28. The quantitative estimate of drug-likeness (QED) is 0.918. The zero-order valence-electron chi connectivity index (χ0n) is 13.7. The number of furan rings is 1. The number of carbonyl (C=O) groups is 3. The largest absolute Gasteiger partial charge is 0.481 e. The smallest absolute Gasteiger partial charge is 0.308 e. The van der Waals surface area contributed by atoms with Gasteiger partial charge in [-0.25, -0.2) is 0 Å². The summed E-state index contributed by atoms with van der Waals surface area (Å²) in [6, 6.07) is 0. The third-order valence-electron chi connectivity index (χ3n) is 5.65. The van der Waals surface area contributed by atoms with Gasteiger partial charge in [0, 0.05) is 25.9 Å². The molecule has 0 radical (unpaired) electrons. The second kappa shape index (κ2) is 5.46. The van der Waals surface area contributed by atoms with Crippen molar-refractivity contribution < 1.29 is 23.9 Å². The van der Waals surface area contributed by atoms with Gasteiger partial charge in [0.15, 0.2) is 5.78 Å². The number of fused-ring (bicyclic) bond motifs is 1. The van der Waals surface area contributed by atoms with Crippen LogP contribution in [-0.2, 0) is 11.2 Å². The van der Waals surface area contributed by atoms with Gasteiger partial charge in [-0.3, -0.25) is 14.4 Å². The van der Waals surface area contributed by atoms with Crippen LogP contribution in [0, 0.1) is 24.7 Å². The molecule has 0 bridgehead atoms. The van der Waals surface area contributed by atoms with Crippen LogP contribution in [0.2, 0.25) is 0 Å². The minimum atomic E-state index is -0.829. The number of amides is 1. The molecule has 6 heteroatoms. The van der Waals surface area contributed by atoms with Crippen molar-refractivity contribution in [2.24, 2.45) is 17.8 Å². The van der Waals surface area contributed by atoms with Crippen molar-refractivity contribution in [2.45, 2.75) is 39.0 Å². The maximum Gasteiger partial charge on any atom is 0.308 e. The zero-order valence-corrected chi connectivity index (χ0v) is 13.7. The maximum absolute atomic E-state index is 13.0. The highest BCUT2D eigenvalue weighted by Gasteiger charge is 2.47. The van der Waals surface area contributed by atoms with Crippen LogP contribution in [-0.4, -0.2) is 40.8 Å². The average molecular weight is 331 g/mol. The molecule has 1 aromatic rings. The molecule has 4 rings (SSSR count). The predicted octanol–water partition coefficient (Wildman–Crippen LogP) is 2.29. The van der Waals surface area contributed by atoms with Crippen molar-refractivity contribution in [3.8, 4) is 0 Å². The molecule has 2 atom stereocenters. The van der Waals surface area contributed by atoms with E-state index < -0.39 is 11.9 Å². The van der Waals surface area contributed by atoms with Gasteiger partial charge in [0.05, 0.1) is 17.0 Å². The van der Waals surface area contributed by atoms with E-state index in [2.05, 4.69) is 0 Å². The molecule has 6 nitrogen and oxygen atoms in total. The standard InChI is InChI=1S/C18H21NO5/c1-9-15(16-13(20)3-2-4-14(16)24-9)17(21)19-7-11(10-5-6-10)12(8-19)18(22)23/h10-12H,2-8H2,1H3,(H,22,23)/t11-,12+/m0/s1. The summed E-state index contributed by atoms with van der Waals surface area (Å²) in [5.74, 6) is -0.0763. The molecule has 1 amide bonds. The second-order valence-corrected chi connectivity index (χ2v) is 7.26. The summed E-state index contributed by atoms with van der Waals surface area (Å²) >= 11 is 0. The molecule has 0 spiro atoms. The topological polar surface area (TPSA) is 87.8 Å². The molecule has 0 unspecified atom stereocenters. The van der Waals surface area contributed by atoms with E-state index in [1.54, 1.807) is 11.8 Å². The summed E-state index contributed by atoms with van der Waals surface area (Å²) in [5, 5.41) is 9.47. The lowest BCUT2D eigenvalue weighted by atomic mass is 9.92. The monoisotopic (exact) mass is 331 g/mol. The van der Waals surface area contributed by atoms with Gasteiger partial charge in [-0.15, -0.1) is 0 Å². The lowest BCUT2D eigenvalue weighted by molar-refractivity contribution is -0.142. The number of aliphatic carboxylic acids is 1. The van der Waals surface area contributed by atoms with Crippen LogP contribution < -0.4 is 0 Å². The Hall–Kier alpha value is -2.11. The van der Waals surface area contributed by atoms with Crippen LogP contribution >= 0.6 is 0 Å². The first kappa shape index (κ1) is 15.4. The average Bonchev–Trinajstić information content (AvgIpc) is 3.17. The van der Waals surface area contributed by atoms with Gasteiger partial charge >= 0.3 is 5.97 Å². The Kier molecular flexibility index (Phi) is 3.51. The molecule has 1 aliphatic heterocycles. The number of Topliss-reactive ketones (excluding diaryl/α,β-unsaturated/α-hetero) is 1. The number of hydrogen-bond acceptors (Lipinski definition) is 4. The molecule has 2 heterocycles. The first-order chi connectivity index (χ1) is 11.5. The summed E-state index contributed by atoms with van der Waals surface area (Å²) in [4.78, 5) is 38.4. The number of rotatable bonds is 3. The lowest BCUT2D eigenvalue weighted by Gasteiger charge is -2.17. The Morgan fingerprint density at radius 1 is 1.21 bits per heavy atom. The van der Waals surface area contributed by atoms with Gasteiger partial charge < -0.3 is 14.4 Å². The van der Waals surface area contributed by atoms with E-state index in [9.17, 15) is 19.5 Å². The lowest BCUT2D eigenvalue weighted by Crippen LogP contribution is -2.31. The van der Waals surface area contributed by atoms with Gasteiger partial charge in [0.25, 0.3) is 5.91 Å². The van der Waals surface area contributed by atoms with Crippen LogP contribution in [0.5, 0.6) is 0 Å². The Morgan fingerprint density at radius 2 is 1.96 bits per heavy atom. The molecule has 2 aliphatic carbocycles. The first-order valence-corrected chi connectivity index (χ1v) is 8.65. The van der Waals surface area contributed by atoms with Crippen molar-refractivity contribution >= 4 is 17.7 Å². The highest BCUT2D eigenvalue weighted by atomic mass is 16.4. The van der Waals surface area contributed by atoms with Crippen molar-refractivity contribution in [3.05, 3.63) is 22.6 Å². The van der Waals surface area contributed by atoms with Crippen LogP contribution in [0.15, 0.2) is 4.42 Å².